The SMILES string of the molecule is Cc1ccc(NC(=O)CN2CCC(c3nnc(C4CC4)s3)CC2)cc1C. The first-order valence-corrected chi connectivity index (χ1v) is 10.3. The van der Waals surface area contributed by atoms with Crippen LogP contribution in [-0.2, 0) is 4.79 Å². The van der Waals surface area contributed by atoms with Gasteiger partial charge in [-0.1, -0.05) is 6.07 Å². The van der Waals surface area contributed by atoms with Crippen LogP contribution in [-0.4, -0.2) is 40.6 Å². The average molecular weight is 371 g/mol. The molecule has 0 bridgehead atoms. The number of carbonyl (C=O) groups excluding carboxylic acids is 1. The highest BCUT2D eigenvalue weighted by Gasteiger charge is 2.30. The number of nitrogens with one attached hydrogen (secondary N) is 1. The molecule has 0 spiro atoms. The van der Waals surface area contributed by atoms with Crippen molar-refractivity contribution in [3.05, 3.63) is 39.3 Å². The second-order valence-corrected chi connectivity index (χ2v) is 8.69. The summed E-state index contributed by atoms with van der Waals surface area (Å²) in [6.07, 6.45) is 4.69. The van der Waals surface area contributed by atoms with Crippen LogP contribution in [0.5, 0.6) is 0 Å². The van der Waals surface area contributed by atoms with Gasteiger partial charge in [-0.2, -0.15) is 0 Å². The molecule has 1 saturated heterocycles. The molecular formula is C20H26N4OS. The summed E-state index contributed by atoms with van der Waals surface area (Å²) >= 11 is 1.81. The number of hydrogen-bond acceptors (Lipinski definition) is 5. The van der Waals surface area contributed by atoms with Crippen molar-refractivity contribution in [3.8, 4) is 0 Å². The van der Waals surface area contributed by atoms with E-state index in [2.05, 4.69) is 34.3 Å². The van der Waals surface area contributed by atoms with Gasteiger partial charge >= 0.3 is 0 Å². The third kappa shape index (κ3) is 4.13. The lowest BCUT2D eigenvalue weighted by Gasteiger charge is -2.30. The number of amides is 1. The fraction of sp³-hybridized carbons (Fsp3) is 0.550. The molecule has 0 unspecified atom stereocenters. The van der Waals surface area contributed by atoms with Gasteiger partial charge < -0.3 is 5.32 Å². The van der Waals surface area contributed by atoms with Gasteiger partial charge in [0, 0.05) is 17.5 Å². The van der Waals surface area contributed by atoms with Crippen LogP contribution in [0.25, 0.3) is 0 Å². The largest absolute Gasteiger partial charge is 0.325 e. The molecule has 0 atom stereocenters. The monoisotopic (exact) mass is 370 g/mol. The van der Waals surface area contributed by atoms with Gasteiger partial charge in [0.2, 0.25) is 5.91 Å². The normalized spacial score (nSPS) is 18.8. The summed E-state index contributed by atoms with van der Waals surface area (Å²) < 4.78 is 0. The minimum absolute atomic E-state index is 0.0682. The van der Waals surface area contributed by atoms with Gasteiger partial charge in [0.05, 0.1) is 6.54 Å². The zero-order chi connectivity index (χ0) is 18.1. The maximum absolute atomic E-state index is 12.3. The molecule has 1 aliphatic heterocycles. The van der Waals surface area contributed by atoms with Gasteiger partial charge in [-0.15, -0.1) is 21.5 Å². The number of likely N-dealkylation sites (tertiary alicyclic amines) is 1. The summed E-state index contributed by atoms with van der Waals surface area (Å²) in [4.78, 5) is 14.6. The zero-order valence-corrected chi connectivity index (χ0v) is 16.3. The Morgan fingerprint density at radius 1 is 1.08 bits per heavy atom. The van der Waals surface area contributed by atoms with Gasteiger partial charge in [0.1, 0.15) is 10.0 Å². The van der Waals surface area contributed by atoms with Crippen LogP contribution in [0.2, 0.25) is 0 Å². The predicted molar refractivity (Wildman–Crippen MR) is 105 cm³/mol. The highest BCUT2D eigenvalue weighted by molar-refractivity contribution is 7.11. The Balaban J connectivity index is 1.26. The average Bonchev–Trinajstić information content (AvgIpc) is 3.36. The topological polar surface area (TPSA) is 58.1 Å². The van der Waals surface area contributed by atoms with Crippen molar-refractivity contribution in [3.63, 3.8) is 0 Å². The van der Waals surface area contributed by atoms with Gasteiger partial charge in [0.25, 0.3) is 0 Å². The van der Waals surface area contributed by atoms with E-state index in [1.165, 1.54) is 34.0 Å². The molecule has 5 nitrogen and oxygen atoms in total. The van der Waals surface area contributed by atoms with Gasteiger partial charge in [-0.25, -0.2) is 0 Å². The molecule has 6 heteroatoms. The minimum Gasteiger partial charge on any atom is -0.325 e. The van der Waals surface area contributed by atoms with E-state index in [9.17, 15) is 4.79 Å². The highest BCUT2D eigenvalue weighted by Crippen LogP contribution is 2.43. The van der Waals surface area contributed by atoms with Crippen molar-refractivity contribution >= 4 is 22.9 Å². The van der Waals surface area contributed by atoms with E-state index in [0.29, 0.717) is 18.4 Å². The Hall–Kier alpha value is -1.79. The molecule has 1 N–H and O–H groups in total. The van der Waals surface area contributed by atoms with Crippen molar-refractivity contribution in [2.75, 3.05) is 25.0 Å². The molecule has 1 aromatic carbocycles. The lowest BCUT2D eigenvalue weighted by atomic mass is 9.98. The van der Waals surface area contributed by atoms with E-state index in [0.717, 1.165) is 31.6 Å². The first-order chi connectivity index (χ1) is 12.6. The molecule has 2 heterocycles. The van der Waals surface area contributed by atoms with Crippen LogP contribution < -0.4 is 5.32 Å². The Labute approximate surface area is 158 Å². The molecule has 4 rings (SSSR count). The Bertz CT molecular complexity index is 791. The lowest BCUT2D eigenvalue weighted by molar-refractivity contribution is -0.117. The van der Waals surface area contributed by atoms with Crippen LogP contribution in [0.4, 0.5) is 5.69 Å². The molecule has 1 aromatic heterocycles. The van der Waals surface area contributed by atoms with Crippen LogP contribution in [0, 0.1) is 13.8 Å². The van der Waals surface area contributed by atoms with Crippen molar-refractivity contribution in [2.45, 2.75) is 51.4 Å². The van der Waals surface area contributed by atoms with E-state index in [4.69, 9.17) is 0 Å². The number of benzene rings is 1. The Morgan fingerprint density at radius 3 is 2.35 bits per heavy atom. The van der Waals surface area contributed by atoms with E-state index in [1.54, 1.807) is 0 Å². The lowest BCUT2D eigenvalue weighted by Crippen LogP contribution is -2.38. The van der Waals surface area contributed by atoms with Crippen LogP contribution in [0.15, 0.2) is 18.2 Å². The number of hydrogen-bond donors (Lipinski definition) is 1. The molecule has 0 radical (unpaired) electrons. The van der Waals surface area contributed by atoms with Gasteiger partial charge in [-0.05, 0) is 75.9 Å². The van der Waals surface area contributed by atoms with Crippen LogP contribution in [0.3, 0.4) is 0 Å². The van der Waals surface area contributed by atoms with Crippen molar-refractivity contribution < 1.29 is 4.79 Å². The maximum Gasteiger partial charge on any atom is 0.238 e. The second kappa shape index (κ2) is 7.45. The number of rotatable bonds is 5. The molecule has 138 valence electrons. The third-order valence-electron chi connectivity index (χ3n) is 5.48. The first kappa shape index (κ1) is 17.6. The van der Waals surface area contributed by atoms with E-state index >= 15 is 0 Å². The summed E-state index contributed by atoms with van der Waals surface area (Å²) in [6, 6.07) is 6.06. The highest BCUT2D eigenvalue weighted by atomic mass is 32.1. The van der Waals surface area contributed by atoms with Crippen molar-refractivity contribution in [1.29, 1.82) is 0 Å². The zero-order valence-electron chi connectivity index (χ0n) is 15.5. The summed E-state index contributed by atoms with van der Waals surface area (Å²) in [6.45, 7) is 6.50. The molecule has 1 amide bonds. The quantitative estimate of drug-likeness (QED) is 0.868. The molecule has 2 aliphatic rings. The number of anilines is 1. The van der Waals surface area contributed by atoms with Gasteiger partial charge in [-0.3, -0.25) is 9.69 Å². The van der Waals surface area contributed by atoms with E-state index in [-0.39, 0.29) is 5.91 Å². The predicted octanol–water partition coefficient (Wildman–Crippen LogP) is 3.85. The van der Waals surface area contributed by atoms with E-state index in [1.807, 2.05) is 29.5 Å². The maximum atomic E-state index is 12.3. The molecule has 2 aromatic rings. The number of piperidine rings is 1. The van der Waals surface area contributed by atoms with Crippen LogP contribution in [0.1, 0.15) is 58.7 Å². The number of aromatic nitrogens is 2. The molecule has 1 aliphatic carbocycles. The summed E-state index contributed by atoms with van der Waals surface area (Å²) in [5.74, 6) is 1.27. The Morgan fingerprint density at radius 2 is 1.73 bits per heavy atom. The summed E-state index contributed by atoms with van der Waals surface area (Å²) in [5, 5.41) is 14.3. The number of carbonyl (C=O) groups is 1. The van der Waals surface area contributed by atoms with E-state index < -0.39 is 0 Å². The summed E-state index contributed by atoms with van der Waals surface area (Å²) in [7, 11) is 0. The fourth-order valence-corrected chi connectivity index (χ4v) is 4.65. The van der Waals surface area contributed by atoms with Crippen LogP contribution >= 0.6 is 11.3 Å². The first-order valence-electron chi connectivity index (χ1n) is 9.51. The molecule has 26 heavy (non-hydrogen) atoms. The Kier molecular flexibility index (Phi) is 5.05. The summed E-state index contributed by atoms with van der Waals surface area (Å²) in [5.41, 5.74) is 3.33. The van der Waals surface area contributed by atoms with Gasteiger partial charge in [0.15, 0.2) is 0 Å². The van der Waals surface area contributed by atoms with Crippen molar-refractivity contribution in [2.24, 2.45) is 0 Å². The number of nitrogens with zero attached hydrogens (tertiary/aromatic N) is 3. The minimum atomic E-state index is 0.0682. The standard InChI is InChI=1S/C20H26N4OS/c1-13-3-6-17(11-14(13)2)21-18(25)12-24-9-7-16(8-10-24)20-23-22-19(26-20)15-4-5-15/h3,6,11,15-16H,4-5,7-10,12H2,1-2H3,(H,21,25). The molecule has 2 fully saturated rings. The van der Waals surface area contributed by atoms with Crippen molar-refractivity contribution in [1.82, 2.24) is 15.1 Å². The molecule has 1 saturated carbocycles. The second-order valence-electron chi connectivity index (χ2n) is 7.65. The smallest absolute Gasteiger partial charge is 0.238 e. The fourth-order valence-electron chi connectivity index (χ4n) is 3.47. The third-order valence-corrected chi connectivity index (χ3v) is 6.73. The number of aryl methyl sites for hydroxylation is 2. The molecular weight excluding hydrogens is 344 g/mol.